The number of para-hydroxylation sites is 2. The Morgan fingerprint density at radius 2 is 1.67 bits per heavy atom. The number of rotatable bonds is 8. The van der Waals surface area contributed by atoms with Crippen LogP contribution in [0, 0.1) is 20.2 Å². The van der Waals surface area contributed by atoms with Gasteiger partial charge in [0.05, 0.1) is 39.1 Å². The van der Waals surface area contributed by atoms with Gasteiger partial charge in [-0.1, -0.05) is 12.1 Å². The van der Waals surface area contributed by atoms with Gasteiger partial charge in [0.25, 0.3) is 17.3 Å². The third kappa shape index (κ3) is 4.46. The fourth-order valence-corrected chi connectivity index (χ4v) is 3.67. The maximum atomic E-state index is 12.6. The number of carbonyl (C=O) groups excluding carboxylic acids is 2. The number of fused-ring (bicyclic) bond motifs is 2. The van der Waals surface area contributed by atoms with Gasteiger partial charge in [-0.15, -0.1) is 0 Å². The van der Waals surface area contributed by atoms with E-state index in [4.69, 9.17) is 10.5 Å². The van der Waals surface area contributed by atoms with Gasteiger partial charge < -0.3 is 20.4 Å². The monoisotopic (exact) mass is 493 g/mol. The van der Waals surface area contributed by atoms with Crippen LogP contribution < -0.4 is 11.1 Å². The maximum absolute atomic E-state index is 12.6. The van der Waals surface area contributed by atoms with E-state index in [2.05, 4.69) is 15.3 Å². The van der Waals surface area contributed by atoms with Crippen molar-refractivity contribution in [3.63, 3.8) is 0 Å². The summed E-state index contributed by atoms with van der Waals surface area (Å²) in [6.07, 6.45) is 0. The predicted molar refractivity (Wildman–Crippen MR) is 127 cm³/mol. The number of aromatic nitrogens is 3. The van der Waals surface area contributed by atoms with Crippen LogP contribution in [0.25, 0.3) is 22.2 Å². The molecular weight excluding hydrogens is 474 g/mol. The summed E-state index contributed by atoms with van der Waals surface area (Å²) < 4.78 is 6.62. The van der Waals surface area contributed by atoms with Crippen LogP contribution in [-0.2, 0) is 11.3 Å². The molecule has 0 fully saturated rings. The van der Waals surface area contributed by atoms with Crippen molar-refractivity contribution in [2.24, 2.45) is 0 Å². The third-order valence-electron chi connectivity index (χ3n) is 5.28. The number of carbonyl (C=O) groups is 2. The summed E-state index contributed by atoms with van der Waals surface area (Å²) in [4.78, 5) is 54.8. The van der Waals surface area contributed by atoms with Gasteiger partial charge >= 0.3 is 5.97 Å². The number of hydrogen-bond donors (Lipinski definition) is 2. The van der Waals surface area contributed by atoms with Gasteiger partial charge in [-0.05, 0) is 19.1 Å². The molecule has 0 atom stereocenters. The molecule has 0 aliphatic heterocycles. The zero-order valence-corrected chi connectivity index (χ0v) is 18.8. The number of nitrogens with one attached hydrogen (secondary N) is 1. The topological polar surface area (TPSA) is 198 Å². The number of anilines is 1. The van der Waals surface area contributed by atoms with Crippen LogP contribution in [-0.4, -0.2) is 49.4 Å². The molecule has 4 aromatic rings. The molecule has 14 nitrogen and oxygen atoms in total. The molecule has 2 heterocycles. The summed E-state index contributed by atoms with van der Waals surface area (Å²) in [6.45, 7) is 1.79. The second kappa shape index (κ2) is 9.61. The first-order chi connectivity index (χ1) is 17.2. The lowest BCUT2D eigenvalue weighted by atomic mass is 10.1. The molecule has 14 heteroatoms. The van der Waals surface area contributed by atoms with E-state index in [1.54, 1.807) is 31.2 Å². The Kier molecular flexibility index (Phi) is 6.41. The van der Waals surface area contributed by atoms with Crippen LogP contribution in [0.2, 0.25) is 0 Å². The lowest BCUT2D eigenvalue weighted by molar-refractivity contribution is -0.394. The Balaban J connectivity index is 1.65. The van der Waals surface area contributed by atoms with Crippen molar-refractivity contribution >= 4 is 51.3 Å². The Labute approximate surface area is 202 Å². The summed E-state index contributed by atoms with van der Waals surface area (Å²) in [5, 5.41) is 24.7. The molecular formula is C22H19N7O7. The highest BCUT2D eigenvalue weighted by Crippen LogP contribution is 2.28. The molecule has 0 aliphatic rings. The smallest absolute Gasteiger partial charge is 0.344 e. The predicted octanol–water partition coefficient (Wildman–Crippen LogP) is 2.59. The standard InChI is InChI=1S/C22H19N7O7/c1-2-36-22(31)17-18-20(26-16-6-4-3-5-15(16)25-18)27(19(17)23)8-7-24-21(30)12-9-13(28(32)33)11-14(10-12)29(34)35/h3-6,9-11H,2,7-8,23H2,1H3,(H,24,30). The Morgan fingerprint density at radius 3 is 2.25 bits per heavy atom. The molecule has 2 aromatic heterocycles. The van der Waals surface area contributed by atoms with E-state index in [1.165, 1.54) is 4.57 Å². The van der Waals surface area contributed by atoms with E-state index in [0.29, 0.717) is 16.7 Å². The van der Waals surface area contributed by atoms with Crippen molar-refractivity contribution in [2.45, 2.75) is 13.5 Å². The molecule has 36 heavy (non-hydrogen) atoms. The number of nitro groups is 2. The number of amides is 1. The molecule has 0 unspecified atom stereocenters. The molecule has 0 spiro atoms. The minimum Gasteiger partial charge on any atom is -0.462 e. The summed E-state index contributed by atoms with van der Waals surface area (Å²) in [7, 11) is 0. The average Bonchev–Trinajstić information content (AvgIpc) is 3.12. The fourth-order valence-electron chi connectivity index (χ4n) is 3.67. The van der Waals surface area contributed by atoms with Crippen molar-refractivity contribution in [3.8, 4) is 0 Å². The molecule has 3 N–H and O–H groups in total. The first-order valence-corrected chi connectivity index (χ1v) is 10.6. The molecule has 0 saturated carbocycles. The Hall–Kier alpha value is -5.14. The van der Waals surface area contributed by atoms with Gasteiger partial charge in [-0.3, -0.25) is 25.0 Å². The van der Waals surface area contributed by atoms with Crippen molar-refractivity contribution in [2.75, 3.05) is 18.9 Å². The number of nitro benzene ring substituents is 2. The maximum Gasteiger partial charge on any atom is 0.344 e. The van der Waals surface area contributed by atoms with Crippen LogP contribution in [0.3, 0.4) is 0 Å². The number of esters is 1. The normalized spacial score (nSPS) is 10.9. The van der Waals surface area contributed by atoms with Crippen molar-refractivity contribution in [3.05, 3.63) is 73.8 Å². The minimum absolute atomic E-state index is 0.0407. The molecule has 0 aliphatic carbocycles. The van der Waals surface area contributed by atoms with Gasteiger partial charge in [0.15, 0.2) is 5.65 Å². The Bertz CT molecular complexity index is 1510. The van der Waals surface area contributed by atoms with E-state index >= 15 is 0 Å². The highest BCUT2D eigenvalue weighted by molar-refractivity contribution is 6.08. The van der Waals surface area contributed by atoms with E-state index in [9.17, 15) is 29.8 Å². The van der Waals surface area contributed by atoms with Crippen LogP contribution in [0.5, 0.6) is 0 Å². The summed E-state index contributed by atoms with van der Waals surface area (Å²) >= 11 is 0. The number of nitrogens with two attached hydrogens (primary N) is 1. The van der Waals surface area contributed by atoms with E-state index < -0.39 is 33.1 Å². The lowest BCUT2D eigenvalue weighted by Crippen LogP contribution is -2.27. The van der Waals surface area contributed by atoms with Gasteiger partial charge in [0.2, 0.25) is 0 Å². The van der Waals surface area contributed by atoms with Crippen LogP contribution in [0.1, 0.15) is 27.6 Å². The molecule has 184 valence electrons. The second-order valence-electron chi connectivity index (χ2n) is 7.53. The molecule has 0 radical (unpaired) electrons. The van der Waals surface area contributed by atoms with Crippen LogP contribution >= 0.6 is 0 Å². The van der Waals surface area contributed by atoms with E-state index in [0.717, 1.165) is 18.2 Å². The number of non-ortho nitro benzene ring substituents is 2. The number of hydrogen-bond acceptors (Lipinski definition) is 10. The van der Waals surface area contributed by atoms with Crippen LogP contribution in [0.4, 0.5) is 17.2 Å². The summed E-state index contributed by atoms with van der Waals surface area (Å²) in [5.74, 6) is -1.39. The SMILES string of the molecule is CCOC(=O)c1c(N)n(CCNC(=O)c2cc([N+](=O)[O-])cc([N+](=O)[O-])c2)c2nc3ccccc3nc12. The van der Waals surface area contributed by atoms with Crippen molar-refractivity contribution < 1.29 is 24.2 Å². The fraction of sp³-hybridized carbons (Fsp3) is 0.182. The lowest BCUT2D eigenvalue weighted by Gasteiger charge is -2.09. The molecule has 2 aromatic carbocycles. The zero-order chi connectivity index (χ0) is 26.0. The number of nitrogen functional groups attached to an aromatic ring is 1. The molecule has 4 rings (SSSR count). The number of nitrogens with zero attached hydrogens (tertiary/aromatic N) is 5. The highest BCUT2D eigenvalue weighted by Gasteiger charge is 2.25. The number of ether oxygens (including phenoxy) is 1. The highest BCUT2D eigenvalue weighted by atomic mass is 16.6. The largest absolute Gasteiger partial charge is 0.462 e. The quantitative estimate of drug-likeness (QED) is 0.209. The first-order valence-electron chi connectivity index (χ1n) is 10.6. The third-order valence-corrected chi connectivity index (χ3v) is 5.28. The average molecular weight is 493 g/mol. The molecule has 0 bridgehead atoms. The van der Waals surface area contributed by atoms with Crippen molar-refractivity contribution in [1.29, 1.82) is 0 Å². The summed E-state index contributed by atoms with van der Waals surface area (Å²) in [6, 6.07) is 9.70. The van der Waals surface area contributed by atoms with Crippen LogP contribution in [0.15, 0.2) is 42.5 Å². The van der Waals surface area contributed by atoms with E-state index in [-0.39, 0.29) is 42.2 Å². The van der Waals surface area contributed by atoms with E-state index in [1.807, 2.05) is 0 Å². The zero-order valence-electron chi connectivity index (χ0n) is 18.8. The van der Waals surface area contributed by atoms with Crippen molar-refractivity contribution in [1.82, 2.24) is 19.9 Å². The molecule has 1 amide bonds. The molecule has 0 saturated heterocycles. The van der Waals surface area contributed by atoms with Gasteiger partial charge in [0.1, 0.15) is 16.9 Å². The summed E-state index contributed by atoms with van der Waals surface area (Å²) in [5.41, 5.74) is 6.54. The first kappa shape index (κ1) is 24.0. The van der Waals surface area contributed by atoms with Gasteiger partial charge in [-0.25, -0.2) is 14.8 Å². The Morgan fingerprint density at radius 1 is 1.06 bits per heavy atom. The van der Waals surface area contributed by atoms with Gasteiger partial charge in [-0.2, -0.15) is 0 Å². The van der Waals surface area contributed by atoms with Gasteiger partial charge in [0, 0.05) is 25.2 Å². The number of benzene rings is 2. The minimum atomic E-state index is -0.823. The second-order valence-corrected chi connectivity index (χ2v) is 7.53.